The van der Waals surface area contributed by atoms with Crippen LogP contribution in [0, 0.1) is 0 Å². The van der Waals surface area contributed by atoms with Gasteiger partial charge in [0.05, 0.1) is 30.0 Å². The van der Waals surface area contributed by atoms with Crippen LogP contribution in [0.4, 0.5) is 5.69 Å². The van der Waals surface area contributed by atoms with Crippen molar-refractivity contribution in [1.29, 1.82) is 0 Å². The summed E-state index contributed by atoms with van der Waals surface area (Å²) < 4.78 is 31.3. The molecule has 0 aliphatic carbocycles. The fraction of sp³-hybridized carbons (Fsp3) is 0.143. The molecule has 1 aliphatic heterocycles. The van der Waals surface area contributed by atoms with E-state index in [0.29, 0.717) is 28.4 Å². The van der Waals surface area contributed by atoms with Gasteiger partial charge in [0.15, 0.2) is 5.76 Å². The molecule has 1 amide bonds. The average Bonchev–Trinajstić information content (AvgIpc) is 3.37. The maximum absolute atomic E-state index is 13.0. The molecule has 4 rings (SSSR count). The van der Waals surface area contributed by atoms with Crippen molar-refractivity contribution in [3.63, 3.8) is 0 Å². The van der Waals surface area contributed by atoms with Crippen molar-refractivity contribution in [1.82, 2.24) is 5.01 Å². The lowest BCUT2D eigenvalue weighted by Gasteiger charge is -2.21. The fourth-order valence-electron chi connectivity index (χ4n) is 3.37. The fourth-order valence-corrected chi connectivity index (χ4v) is 4.15. The zero-order valence-corrected chi connectivity index (χ0v) is 17.5. The van der Waals surface area contributed by atoms with Gasteiger partial charge in [-0.25, -0.2) is 13.4 Å². The summed E-state index contributed by atoms with van der Waals surface area (Å²) in [6, 6.07) is 17.0. The van der Waals surface area contributed by atoms with Crippen molar-refractivity contribution in [2.75, 3.05) is 11.0 Å². The van der Waals surface area contributed by atoms with E-state index in [1.54, 1.807) is 48.5 Å². The molecule has 0 unspecified atom stereocenters. The van der Waals surface area contributed by atoms with Crippen LogP contribution in [-0.4, -0.2) is 31.3 Å². The minimum atomic E-state index is -3.48. The van der Waals surface area contributed by atoms with E-state index in [2.05, 4.69) is 9.82 Å². The summed E-state index contributed by atoms with van der Waals surface area (Å²) in [6.45, 7) is 0. The first-order valence-corrected chi connectivity index (χ1v) is 11.4. The predicted molar refractivity (Wildman–Crippen MR) is 115 cm³/mol. The Hall–Kier alpha value is -3.10. The minimum absolute atomic E-state index is 0.162. The third-order valence-electron chi connectivity index (χ3n) is 4.62. The Bertz CT molecular complexity index is 1220. The zero-order chi connectivity index (χ0) is 21.3. The van der Waals surface area contributed by atoms with Gasteiger partial charge in [-0.05, 0) is 35.9 Å². The molecule has 0 saturated carbocycles. The second-order valence-corrected chi connectivity index (χ2v) is 9.05. The first-order valence-electron chi connectivity index (χ1n) is 9.09. The lowest BCUT2D eigenvalue weighted by Crippen LogP contribution is -2.26. The Morgan fingerprint density at radius 1 is 1.17 bits per heavy atom. The summed E-state index contributed by atoms with van der Waals surface area (Å²) in [6.07, 6.45) is 2.89. The molecule has 0 bridgehead atoms. The summed E-state index contributed by atoms with van der Waals surface area (Å²) in [5, 5.41) is 6.46. The second kappa shape index (κ2) is 7.97. The van der Waals surface area contributed by atoms with Crippen molar-refractivity contribution in [2.24, 2.45) is 5.10 Å². The molecule has 30 heavy (non-hydrogen) atoms. The standard InChI is InChI=1S/C21H18ClN3O4S/c1-30(27,28)24-17-9-3-2-8-16(17)18-13-19(14-6-4-7-15(22)12-14)25(23-18)21(26)20-10-5-11-29-20/h2-12,19,24H,13H2,1H3/t19-/m1/s1. The number of carbonyl (C=O) groups excluding carboxylic acids is 1. The molecular formula is C21H18ClN3O4S. The Balaban J connectivity index is 1.77. The summed E-state index contributed by atoms with van der Waals surface area (Å²) in [7, 11) is -3.48. The van der Waals surface area contributed by atoms with Crippen molar-refractivity contribution < 1.29 is 17.6 Å². The van der Waals surface area contributed by atoms with Crippen LogP contribution in [0.3, 0.4) is 0 Å². The van der Waals surface area contributed by atoms with Gasteiger partial charge in [-0.1, -0.05) is 41.9 Å². The molecule has 7 nitrogen and oxygen atoms in total. The molecule has 154 valence electrons. The highest BCUT2D eigenvalue weighted by atomic mass is 35.5. The molecule has 1 aromatic heterocycles. The molecule has 1 atom stereocenters. The molecule has 0 saturated heterocycles. The van der Waals surface area contributed by atoms with E-state index < -0.39 is 22.0 Å². The van der Waals surface area contributed by atoms with E-state index in [1.807, 2.05) is 12.1 Å². The second-order valence-electron chi connectivity index (χ2n) is 6.87. The van der Waals surface area contributed by atoms with Gasteiger partial charge in [-0.2, -0.15) is 5.10 Å². The van der Waals surface area contributed by atoms with Crippen LogP contribution in [-0.2, 0) is 10.0 Å². The number of para-hydroxylation sites is 1. The molecular weight excluding hydrogens is 426 g/mol. The van der Waals surface area contributed by atoms with Crippen molar-refractivity contribution in [3.05, 3.63) is 88.8 Å². The summed E-state index contributed by atoms with van der Waals surface area (Å²) in [5.41, 5.74) is 2.39. The van der Waals surface area contributed by atoms with Gasteiger partial charge >= 0.3 is 5.91 Å². The number of nitrogens with zero attached hydrogens (tertiary/aromatic N) is 2. The summed E-state index contributed by atoms with van der Waals surface area (Å²) in [4.78, 5) is 13.0. The van der Waals surface area contributed by atoms with E-state index >= 15 is 0 Å². The quantitative estimate of drug-likeness (QED) is 0.636. The Morgan fingerprint density at radius 2 is 1.97 bits per heavy atom. The SMILES string of the molecule is CS(=O)(=O)Nc1ccccc1C1=NN(C(=O)c2ccco2)[C@@H](c2cccc(Cl)c2)C1. The third-order valence-corrected chi connectivity index (χ3v) is 5.44. The number of hydrogen-bond acceptors (Lipinski definition) is 5. The lowest BCUT2D eigenvalue weighted by atomic mass is 9.97. The monoisotopic (exact) mass is 443 g/mol. The number of halogens is 1. The highest BCUT2D eigenvalue weighted by Crippen LogP contribution is 2.36. The largest absolute Gasteiger partial charge is 0.459 e. The van der Waals surface area contributed by atoms with E-state index in [1.165, 1.54) is 11.3 Å². The van der Waals surface area contributed by atoms with Gasteiger partial charge in [-0.15, -0.1) is 0 Å². The normalized spacial score (nSPS) is 16.4. The maximum atomic E-state index is 13.0. The van der Waals surface area contributed by atoms with E-state index in [0.717, 1.165) is 11.8 Å². The maximum Gasteiger partial charge on any atom is 0.310 e. The average molecular weight is 444 g/mol. The topological polar surface area (TPSA) is 92.0 Å². The van der Waals surface area contributed by atoms with Gasteiger partial charge in [0.1, 0.15) is 0 Å². The van der Waals surface area contributed by atoms with Crippen molar-refractivity contribution in [3.8, 4) is 0 Å². The van der Waals surface area contributed by atoms with E-state index in [-0.39, 0.29) is 5.76 Å². The van der Waals surface area contributed by atoms with Crippen molar-refractivity contribution in [2.45, 2.75) is 12.5 Å². The summed E-state index contributed by atoms with van der Waals surface area (Å²) in [5.74, 6) is -0.233. The molecule has 9 heteroatoms. The first kappa shape index (κ1) is 20.2. The van der Waals surface area contributed by atoms with Crippen LogP contribution in [0.2, 0.25) is 5.02 Å². The zero-order valence-electron chi connectivity index (χ0n) is 15.9. The number of hydrogen-bond donors (Lipinski definition) is 1. The van der Waals surface area contributed by atoms with Gasteiger partial charge in [0.25, 0.3) is 0 Å². The van der Waals surface area contributed by atoms with Gasteiger partial charge in [-0.3, -0.25) is 9.52 Å². The van der Waals surface area contributed by atoms with Gasteiger partial charge in [0, 0.05) is 17.0 Å². The lowest BCUT2D eigenvalue weighted by molar-refractivity contribution is 0.0678. The number of sulfonamides is 1. The predicted octanol–water partition coefficient (Wildman–Crippen LogP) is 4.30. The number of anilines is 1. The highest BCUT2D eigenvalue weighted by molar-refractivity contribution is 7.92. The number of furan rings is 1. The third kappa shape index (κ3) is 4.24. The van der Waals surface area contributed by atoms with Crippen LogP contribution in [0.25, 0.3) is 0 Å². The Labute approximate surface area is 179 Å². The van der Waals surface area contributed by atoms with Gasteiger partial charge in [0.2, 0.25) is 10.0 Å². The molecule has 3 aromatic rings. The highest BCUT2D eigenvalue weighted by Gasteiger charge is 2.35. The number of nitrogens with one attached hydrogen (secondary N) is 1. The number of carbonyl (C=O) groups is 1. The molecule has 0 spiro atoms. The number of rotatable bonds is 5. The summed E-state index contributed by atoms with van der Waals surface area (Å²) >= 11 is 6.17. The van der Waals surface area contributed by atoms with Crippen LogP contribution >= 0.6 is 11.6 Å². The van der Waals surface area contributed by atoms with Crippen molar-refractivity contribution >= 4 is 38.9 Å². The van der Waals surface area contributed by atoms with Crippen LogP contribution in [0.15, 0.2) is 76.4 Å². The minimum Gasteiger partial charge on any atom is -0.459 e. The molecule has 0 radical (unpaired) electrons. The van der Waals surface area contributed by atoms with Crippen LogP contribution in [0.5, 0.6) is 0 Å². The molecule has 2 heterocycles. The molecule has 1 aliphatic rings. The Morgan fingerprint density at radius 3 is 2.67 bits per heavy atom. The molecule has 0 fully saturated rings. The Kier molecular flexibility index (Phi) is 5.36. The number of benzene rings is 2. The van der Waals surface area contributed by atoms with Crippen LogP contribution in [0.1, 0.15) is 34.1 Å². The van der Waals surface area contributed by atoms with E-state index in [4.69, 9.17) is 16.0 Å². The van der Waals surface area contributed by atoms with Gasteiger partial charge < -0.3 is 4.42 Å². The van der Waals surface area contributed by atoms with E-state index in [9.17, 15) is 13.2 Å². The molecule has 2 aromatic carbocycles. The molecule has 1 N–H and O–H groups in total. The number of amides is 1. The van der Waals surface area contributed by atoms with Crippen LogP contribution < -0.4 is 4.72 Å². The first-order chi connectivity index (χ1) is 14.3. The number of hydrazone groups is 1. The smallest absolute Gasteiger partial charge is 0.310 e.